The molecule has 1 heterocycles. The van der Waals surface area contributed by atoms with Crippen LogP contribution in [0.2, 0.25) is 0 Å². The number of hydrogen-bond donors (Lipinski definition) is 1. The molecule has 4 aliphatic carbocycles. The molecule has 4 fully saturated rings. The van der Waals surface area contributed by atoms with Crippen molar-refractivity contribution in [3.63, 3.8) is 0 Å². The highest BCUT2D eigenvalue weighted by molar-refractivity contribution is 5.85. The number of rotatable bonds is 2. The average Bonchev–Trinajstić information content (AvgIpc) is 2.74. The van der Waals surface area contributed by atoms with Crippen molar-refractivity contribution in [2.24, 2.45) is 17.6 Å². The van der Waals surface area contributed by atoms with Crippen LogP contribution < -0.4 is 5.73 Å². The summed E-state index contributed by atoms with van der Waals surface area (Å²) in [6.45, 7) is 2.07. The molecule has 106 valence electrons. The van der Waals surface area contributed by atoms with Gasteiger partial charge < -0.3 is 5.73 Å². The van der Waals surface area contributed by atoms with Gasteiger partial charge in [-0.05, 0) is 55.6 Å². The minimum absolute atomic E-state index is 0. The van der Waals surface area contributed by atoms with E-state index in [2.05, 4.69) is 22.3 Å². The number of hydrogen-bond acceptors (Lipinski definition) is 4. The Hall–Kier alpha value is -0.680. The van der Waals surface area contributed by atoms with Crippen molar-refractivity contribution < 1.29 is 0 Å². The minimum Gasteiger partial charge on any atom is -0.325 e. The third-order valence-corrected chi connectivity index (χ3v) is 5.27. The van der Waals surface area contributed by atoms with E-state index in [1.165, 1.54) is 32.1 Å². The number of halogens is 1. The summed E-state index contributed by atoms with van der Waals surface area (Å²) in [7, 11) is 0. The quantitative estimate of drug-likeness (QED) is 0.896. The number of nitrogens with zero attached hydrogens (tertiary/aromatic N) is 4. The Morgan fingerprint density at radius 2 is 1.95 bits per heavy atom. The number of tetrazole rings is 1. The molecule has 0 saturated heterocycles. The predicted octanol–water partition coefficient (Wildman–Crippen LogP) is 1.66. The van der Waals surface area contributed by atoms with Gasteiger partial charge in [-0.15, -0.1) is 22.6 Å². The van der Waals surface area contributed by atoms with Crippen molar-refractivity contribution in [3.05, 3.63) is 5.82 Å². The highest BCUT2D eigenvalue weighted by Gasteiger charge is 2.58. The standard InChI is InChI=1S/C13H21N5.ClH/c1-2-11-15-17-18(16-11)13-6-9-3-10(7-13)5-12(14,4-9)8-13;/h9-10H,2-8,14H2,1H3;1H. The van der Waals surface area contributed by atoms with Gasteiger partial charge in [-0.2, -0.15) is 4.80 Å². The molecule has 1 aromatic rings. The van der Waals surface area contributed by atoms with Crippen molar-refractivity contribution in [3.8, 4) is 0 Å². The van der Waals surface area contributed by atoms with Crippen molar-refractivity contribution >= 4 is 12.4 Å². The molecule has 0 spiro atoms. The molecule has 5 nitrogen and oxygen atoms in total. The fourth-order valence-electron chi connectivity index (χ4n) is 5.10. The van der Waals surface area contributed by atoms with E-state index in [-0.39, 0.29) is 23.5 Å². The van der Waals surface area contributed by atoms with E-state index in [0.717, 1.165) is 30.5 Å². The van der Waals surface area contributed by atoms with E-state index < -0.39 is 0 Å². The first-order chi connectivity index (χ1) is 8.61. The lowest BCUT2D eigenvalue weighted by molar-refractivity contribution is -0.0709. The van der Waals surface area contributed by atoms with E-state index in [9.17, 15) is 0 Å². The number of aromatic nitrogens is 4. The molecule has 0 aromatic carbocycles. The lowest BCUT2D eigenvalue weighted by Gasteiger charge is -2.59. The molecule has 2 atom stereocenters. The number of nitrogens with two attached hydrogens (primary N) is 1. The summed E-state index contributed by atoms with van der Waals surface area (Å²) in [4.78, 5) is 1.92. The third-order valence-electron chi connectivity index (χ3n) is 5.27. The Morgan fingerprint density at radius 3 is 2.47 bits per heavy atom. The topological polar surface area (TPSA) is 69.6 Å². The summed E-state index contributed by atoms with van der Waals surface area (Å²) >= 11 is 0. The maximum atomic E-state index is 6.59. The maximum absolute atomic E-state index is 6.59. The molecule has 1 aromatic heterocycles. The fraction of sp³-hybridized carbons (Fsp3) is 0.923. The molecule has 4 aliphatic rings. The van der Waals surface area contributed by atoms with Crippen LogP contribution in [0.3, 0.4) is 0 Å². The molecule has 4 saturated carbocycles. The van der Waals surface area contributed by atoms with Crippen molar-refractivity contribution in [1.29, 1.82) is 0 Å². The summed E-state index contributed by atoms with van der Waals surface area (Å²) in [6, 6.07) is 0. The molecule has 0 aliphatic heterocycles. The molecular formula is C13H22ClN5. The fourth-order valence-corrected chi connectivity index (χ4v) is 5.10. The summed E-state index contributed by atoms with van der Waals surface area (Å²) in [5, 5.41) is 13.1. The van der Waals surface area contributed by atoms with Crippen LogP contribution in [0.15, 0.2) is 0 Å². The first-order valence-corrected chi connectivity index (χ1v) is 7.19. The smallest absolute Gasteiger partial charge is 0.174 e. The zero-order valence-electron chi connectivity index (χ0n) is 11.4. The third kappa shape index (κ3) is 1.89. The van der Waals surface area contributed by atoms with E-state index in [0.29, 0.717) is 0 Å². The maximum Gasteiger partial charge on any atom is 0.174 e. The summed E-state index contributed by atoms with van der Waals surface area (Å²) in [6.07, 6.45) is 8.12. The Bertz CT molecular complexity index is 471. The van der Waals surface area contributed by atoms with Crippen molar-refractivity contribution in [1.82, 2.24) is 20.2 Å². The molecular weight excluding hydrogens is 262 g/mol. The van der Waals surface area contributed by atoms with Gasteiger partial charge in [-0.25, -0.2) is 0 Å². The van der Waals surface area contributed by atoms with Gasteiger partial charge in [0.05, 0.1) is 5.54 Å². The van der Waals surface area contributed by atoms with E-state index >= 15 is 0 Å². The van der Waals surface area contributed by atoms with Gasteiger partial charge in [0.2, 0.25) is 0 Å². The second-order valence-corrected chi connectivity index (χ2v) is 6.90. The average molecular weight is 284 g/mol. The van der Waals surface area contributed by atoms with Gasteiger partial charge in [0, 0.05) is 12.0 Å². The monoisotopic (exact) mass is 283 g/mol. The van der Waals surface area contributed by atoms with Crippen LogP contribution in [0, 0.1) is 11.8 Å². The Morgan fingerprint density at radius 1 is 1.26 bits per heavy atom. The molecule has 0 amide bonds. The van der Waals surface area contributed by atoms with Crippen LogP contribution in [0.1, 0.15) is 51.3 Å². The van der Waals surface area contributed by atoms with Gasteiger partial charge >= 0.3 is 0 Å². The van der Waals surface area contributed by atoms with Crippen molar-refractivity contribution in [2.75, 3.05) is 0 Å². The Balaban J connectivity index is 0.00000110. The van der Waals surface area contributed by atoms with Gasteiger partial charge in [-0.3, -0.25) is 0 Å². The minimum atomic E-state index is 0. The van der Waals surface area contributed by atoms with Crippen LogP contribution in [0.25, 0.3) is 0 Å². The van der Waals surface area contributed by atoms with Gasteiger partial charge in [0.1, 0.15) is 0 Å². The van der Waals surface area contributed by atoms with E-state index in [1.807, 2.05) is 4.80 Å². The number of aryl methyl sites for hydroxylation is 1. The lowest BCUT2D eigenvalue weighted by Crippen LogP contribution is -2.63. The predicted molar refractivity (Wildman–Crippen MR) is 74.0 cm³/mol. The zero-order chi connectivity index (χ0) is 12.4. The Kier molecular flexibility index (Phi) is 2.91. The van der Waals surface area contributed by atoms with Crippen LogP contribution in [-0.2, 0) is 12.0 Å². The summed E-state index contributed by atoms with van der Waals surface area (Å²) in [5.41, 5.74) is 6.72. The van der Waals surface area contributed by atoms with Crippen LogP contribution in [0.4, 0.5) is 0 Å². The molecule has 4 bridgehead atoms. The summed E-state index contributed by atoms with van der Waals surface area (Å²) < 4.78 is 0. The van der Waals surface area contributed by atoms with Gasteiger partial charge in [0.25, 0.3) is 0 Å². The highest BCUT2D eigenvalue weighted by atomic mass is 35.5. The first kappa shape index (κ1) is 13.3. The first-order valence-electron chi connectivity index (χ1n) is 7.19. The highest BCUT2D eigenvalue weighted by Crippen LogP contribution is 2.59. The molecule has 2 N–H and O–H groups in total. The molecule has 5 rings (SSSR count). The van der Waals surface area contributed by atoms with Crippen LogP contribution in [0.5, 0.6) is 0 Å². The van der Waals surface area contributed by atoms with Crippen LogP contribution >= 0.6 is 12.4 Å². The molecule has 0 radical (unpaired) electrons. The molecule has 2 unspecified atom stereocenters. The SMILES string of the molecule is CCc1nnn(C23CC4CC(CC(N)(C4)C2)C3)n1.Cl. The summed E-state index contributed by atoms with van der Waals surface area (Å²) in [5.74, 6) is 2.43. The lowest BCUT2D eigenvalue weighted by atomic mass is 9.50. The zero-order valence-corrected chi connectivity index (χ0v) is 12.2. The van der Waals surface area contributed by atoms with Gasteiger partial charge in [-0.1, -0.05) is 6.92 Å². The normalized spacial score (nSPS) is 43.3. The molecule has 6 heteroatoms. The Labute approximate surface area is 119 Å². The van der Waals surface area contributed by atoms with E-state index in [1.54, 1.807) is 0 Å². The van der Waals surface area contributed by atoms with Gasteiger partial charge in [0.15, 0.2) is 5.82 Å². The van der Waals surface area contributed by atoms with Crippen LogP contribution in [-0.4, -0.2) is 25.7 Å². The molecule has 19 heavy (non-hydrogen) atoms. The van der Waals surface area contributed by atoms with Crippen molar-refractivity contribution in [2.45, 2.75) is 62.9 Å². The van der Waals surface area contributed by atoms with E-state index in [4.69, 9.17) is 5.73 Å². The largest absolute Gasteiger partial charge is 0.325 e. The second kappa shape index (κ2) is 4.16. The second-order valence-electron chi connectivity index (χ2n) is 6.90.